The van der Waals surface area contributed by atoms with Crippen LogP contribution in [-0.4, -0.2) is 47.4 Å². The molecule has 2 aliphatic heterocycles. The van der Waals surface area contributed by atoms with Crippen LogP contribution in [0.15, 0.2) is 35.8 Å². The highest BCUT2D eigenvalue weighted by Crippen LogP contribution is 2.22. The largest absolute Gasteiger partial charge is 0.357 e. The van der Waals surface area contributed by atoms with Gasteiger partial charge in [0.1, 0.15) is 11.9 Å². The van der Waals surface area contributed by atoms with Crippen molar-refractivity contribution in [2.24, 2.45) is 0 Å². The lowest BCUT2D eigenvalue weighted by Crippen LogP contribution is -2.45. The molecule has 2 amide bonds. The Morgan fingerprint density at radius 1 is 1.15 bits per heavy atom. The zero-order valence-electron chi connectivity index (χ0n) is 15.3. The van der Waals surface area contributed by atoms with E-state index in [1.165, 1.54) is 24.2 Å². The minimum absolute atomic E-state index is 0.0423. The minimum atomic E-state index is -0.378. The number of likely N-dealkylation sites (tertiary alicyclic amines) is 1. The number of nitrogens with one attached hydrogen (secondary N) is 1. The van der Waals surface area contributed by atoms with Gasteiger partial charge in [-0.05, 0) is 48.8 Å². The molecule has 7 heteroatoms. The van der Waals surface area contributed by atoms with Crippen molar-refractivity contribution >= 4 is 29.0 Å². The summed E-state index contributed by atoms with van der Waals surface area (Å²) in [6.07, 6.45) is 5.86. The summed E-state index contributed by atoms with van der Waals surface area (Å²) in [5, 5.41) is 4.86. The first-order chi connectivity index (χ1) is 13.2. The predicted octanol–water partition coefficient (Wildman–Crippen LogP) is 2.66. The summed E-state index contributed by atoms with van der Waals surface area (Å²) in [5.41, 5.74) is 0.973. The van der Waals surface area contributed by atoms with Gasteiger partial charge in [-0.15, -0.1) is 11.3 Å². The maximum atomic E-state index is 12.6. The molecular formula is C20H24N4O2S. The molecule has 142 valence electrons. The Balaban J connectivity index is 1.33. The molecule has 0 aromatic carbocycles. The van der Waals surface area contributed by atoms with E-state index >= 15 is 0 Å². The third-order valence-corrected chi connectivity index (χ3v) is 6.11. The van der Waals surface area contributed by atoms with Gasteiger partial charge in [0, 0.05) is 32.4 Å². The van der Waals surface area contributed by atoms with Crippen LogP contribution in [0.25, 0.3) is 0 Å². The molecule has 1 N–H and O–H groups in total. The topological polar surface area (TPSA) is 65.5 Å². The first kappa shape index (κ1) is 18.0. The number of carbonyl (C=O) groups is 2. The van der Waals surface area contributed by atoms with Crippen LogP contribution in [0.3, 0.4) is 0 Å². The maximum absolute atomic E-state index is 12.6. The van der Waals surface area contributed by atoms with Gasteiger partial charge in [0.25, 0.3) is 5.91 Å². The molecule has 1 atom stereocenters. The lowest BCUT2D eigenvalue weighted by molar-refractivity contribution is -0.125. The number of pyridine rings is 1. The number of nitrogens with zero attached hydrogens (tertiary/aromatic N) is 3. The smallest absolute Gasteiger partial charge is 0.264 e. The van der Waals surface area contributed by atoms with Crippen LogP contribution in [0.2, 0.25) is 0 Å². The standard InChI is InChI=1S/C20H24N4O2S/c25-19(16-5-3-11-24(16)20(26)17-6-4-12-27-17)22-14-15-7-8-18(21-13-15)23-9-1-2-10-23/h4,6-8,12-13,16H,1-3,5,9-11,14H2,(H,22,25)/t16-/m0/s1. The number of aromatic nitrogens is 1. The minimum Gasteiger partial charge on any atom is -0.357 e. The Hall–Kier alpha value is -2.41. The zero-order chi connectivity index (χ0) is 18.6. The van der Waals surface area contributed by atoms with E-state index in [1.54, 1.807) is 4.90 Å². The van der Waals surface area contributed by atoms with Crippen LogP contribution in [0.5, 0.6) is 0 Å². The van der Waals surface area contributed by atoms with Crippen molar-refractivity contribution in [3.63, 3.8) is 0 Å². The van der Waals surface area contributed by atoms with E-state index in [-0.39, 0.29) is 17.9 Å². The molecule has 6 nitrogen and oxygen atoms in total. The number of amides is 2. The average molecular weight is 385 g/mol. The Morgan fingerprint density at radius 2 is 2.00 bits per heavy atom. The summed E-state index contributed by atoms with van der Waals surface area (Å²) in [5.74, 6) is 0.881. The summed E-state index contributed by atoms with van der Waals surface area (Å²) >= 11 is 1.42. The Morgan fingerprint density at radius 3 is 2.70 bits per heavy atom. The fourth-order valence-corrected chi connectivity index (χ4v) is 4.46. The van der Waals surface area contributed by atoms with Crippen molar-refractivity contribution in [3.05, 3.63) is 46.3 Å². The second-order valence-corrected chi connectivity index (χ2v) is 8.02. The Kier molecular flexibility index (Phi) is 5.38. The lowest BCUT2D eigenvalue weighted by Gasteiger charge is -2.23. The predicted molar refractivity (Wildman–Crippen MR) is 106 cm³/mol. The van der Waals surface area contributed by atoms with Gasteiger partial charge in [-0.25, -0.2) is 4.98 Å². The van der Waals surface area contributed by atoms with E-state index < -0.39 is 0 Å². The molecule has 0 radical (unpaired) electrons. The summed E-state index contributed by atoms with van der Waals surface area (Å²) in [7, 11) is 0. The number of carbonyl (C=O) groups excluding carboxylic acids is 2. The van der Waals surface area contributed by atoms with Gasteiger partial charge in [-0.3, -0.25) is 9.59 Å². The lowest BCUT2D eigenvalue weighted by atomic mass is 10.2. The maximum Gasteiger partial charge on any atom is 0.264 e. The first-order valence-electron chi connectivity index (χ1n) is 9.54. The van der Waals surface area contributed by atoms with Crippen molar-refractivity contribution < 1.29 is 9.59 Å². The zero-order valence-corrected chi connectivity index (χ0v) is 16.1. The van der Waals surface area contributed by atoms with E-state index in [9.17, 15) is 9.59 Å². The number of anilines is 1. The second-order valence-electron chi connectivity index (χ2n) is 7.07. The molecule has 2 aliphatic rings. The van der Waals surface area contributed by atoms with Crippen LogP contribution in [0.1, 0.15) is 40.9 Å². The van der Waals surface area contributed by atoms with Crippen molar-refractivity contribution in [1.29, 1.82) is 0 Å². The first-order valence-corrected chi connectivity index (χ1v) is 10.4. The molecule has 4 rings (SSSR count). The molecule has 2 aromatic heterocycles. The van der Waals surface area contributed by atoms with Crippen LogP contribution in [0, 0.1) is 0 Å². The molecule has 2 aromatic rings. The molecule has 2 saturated heterocycles. The summed E-state index contributed by atoms with van der Waals surface area (Å²) in [6.45, 7) is 3.21. The highest BCUT2D eigenvalue weighted by molar-refractivity contribution is 7.12. The third kappa shape index (κ3) is 3.98. The summed E-state index contributed by atoms with van der Waals surface area (Å²) in [6, 6.07) is 7.34. The fraction of sp³-hybridized carbons (Fsp3) is 0.450. The van der Waals surface area contributed by atoms with Crippen molar-refractivity contribution in [3.8, 4) is 0 Å². The van der Waals surface area contributed by atoms with Crippen molar-refractivity contribution in [2.75, 3.05) is 24.5 Å². The van der Waals surface area contributed by atoms with Gasteiger partial charge in [-0.2, -0.15) is 0 Å². The Labute approximate surface area is 163 Å². The quantitative estimate of drug-likeness (QED) is 0.861. The van der Waals surface area contributed by atoms with Gasteiger partial charge in [0.05, 0.1) is 4.88 Å². The summed E-state index contributed by atoms with van der Waals surface area (Å²) < 4.78 is 0. The van der Waals surface area contributed by atoms with Crippen LogP contribution < -0.4 is 10.2 Å². The normalized spacial score (nSPS) is 19.5. The molecule has 2 fully saturated rings. The molecule has 4 heterocycles. The molecule has 0 spiro atoms. The van der Waals surface area contributed by atoms with E-state index in [0.29, 0.717) is 18.0 Å². The number of hydrogen-bond donors (Lipinski definition) is 1. The average Bonchev–Trinajstić information content (AvgIpc) is 3.47. The van der Waals surface area contributed by atoms with Gasteiger partial charge < -0.3 is 15.1 Å². The molecular weight excluding hydrogens is 360 g/mol. The summed E-state index contributed by atoms with van der Waals surface area (Å²) in [4.78, 5) is 34.5. The second kappa shape index (κ2) is 8.08. The van der Waals surface area contributed by atoms with Gasteiger partial charge >= 0.3 is 0 Å². The van der Waals surface area contributed by atoms with Gasteiger partial charge in [0.2, 0.25) is 5.91 Å². The van der Waals surface area contributed by atoms with Crippen LogP contribution >= 0.6 is 11.3 Å². The molecule has 0 saturated carbocycles. The van der Waals surface area contributed by atoms with Crippen molar-refractivity contribution in [2.45, 2.75) is 38.3 Å². The van der Waals surface area contributed by atoms with Gasteiger partial charge in [0.15, 0.2) is 0 Å². The van der Waals surface area contributed by atoms with E-state index in [0.717, 1.165) is 37.3 Å². The van der Waals surface area contributed by atoms with Crippen LogP contribution in [0.4, 0.5) is 5.82 Å². The Bertz CT molecular complexity index is 785. The fourth-order valence-electron chi connectivity index (χ4n) is 3.79. The highest BCUT2D eigenvalue weighted by atomic mass is 32.1. The number of thiophene rings is 1. The molecule has 27 heavy (non-hydrogen) atoms. The SMILES string of the molecule is O=C(NCc1ccc(N2CCCC2)nc1)[C@@H]1CCCN1C(=O)c1cccs1. The number of rotatable bonds is 5. The van der Waals surface area contributed by atoms with E-state index in [2.05, 4.69) is 15.2 Å². The monoisotopic (exact) mass is 384 g/mol. The molecule has 0 unspecified atom stereocenters. The molecule has 0 aliphatic carbocycles. The van der Waals surface area contributed by atoms with Crippen LogP contribution in [-0.2, 0) is 11.3 Å². The third-order valence-electron chi connectivity index (χ3n) is 5.25. The van der Waals surface area contributed by atoms with E-state index in [1.807, 2.05) is 35.8 Å². The highest BCUT2D eigenvalue weighted by Gasteiger charge is 2.34. The van der Waals surface area contributed by atoms with Gasteiger partial charge in [-0.1, -0.05) is 12.1 Å². The molecule has 0 bridgehead atoms. The number of hydrogen-bond acceptors (Lipinski definition) is 5. The van der Waals surface area contributed by atoms with Crippen molar-refractivity contribution in [1.82, 2.24) is 15.2 Å². The van der Waals surface area contributed by atoms with E-state index in [4.69, 9.17) is 0 Å².